The van der Waals surface area contributed by atoms with Crippen molar-refractivity contribution in [2.24, 2.45) is 0 Å². The van der Waals surface area contributed by atoms with E-state index in [1.165, 1.54) is 43.9 Å². The summed E-state index contributed by atoms with van der Waals surface area (Å²) in [6.45, 7) is 12.8. The average Bonchev–Trinajstić information content (AvgIpc) is 2.46. The Hall–Kier alpha value is -0.860. The van der Waals surface area contributed by atoms with Crippen molar-refractivity contribution in [3.8, 4) is 0 Å². The molecule has 18 heavy (non-hydrogen) atoms. The zero-order valence-corrected chi connectivity index (χ0v) is 12.0. The average molecular weight is 246 g/mol. The van der Waals surface area contributed by atoms with Crippen molar-refractivity contribution in [1.29, 1.82) is 0 Å². The van der Waals surface area contributed by atoms with E-state index in [1.54, 1.807) is 0 Å². The summed E-state index contributed by atoms with van der Waals surface area (Å²) < 4.78 is 0. The first-order chi connectivity index (χ1) is 8.74. The third-order valence-corrected chi connectivity index (χ3v) is 4.24. The highest BCUT2D eigenvalue weighted by Gasteiger charge is 2.21. The highest BCUT2D eigenvalue weighted by atomic mass is 15.3. The fourth-order valence-electron chi connectivity index (χ4n) is 2.75. The predicted octanol–water partition coefficient (Wildman–Crippen LogP) is 2.95. The summed E-state index contributed by atoms with van der Waals surface area (Å²) in [5, 5.41) is 0. The van der Waals surface area contributed by atoms with E-state index >= 15 is 0 Å². The van der Waals surface area contributed by atoms with Gasteiger partial charge in [-0.05, 0) is 31.0 Å². The molecule has 1 atom stereocenters. The maximum absolute atomic E-state index is 2.61. The largest absolute Gasteiger partial charge is 0.301 e. The van der Waals surface area contributed by atoms with Crippen LogP contribution in [-0.2, 0) is 6.42 Å². The van der Waals surface area contributed by atoms with Gasteiger partial charge in [-0.2, -0.15) is 0 Å². The molecule has 1 aromatic rings. The van der Waals surface area contributed by atoms with E-state index in [0.717, 1.165) is 6.42 Å². The molecule has 1 unspecified atom stereocenters. The number of piperazine rings is 1. The molecule has 1 aliphatic rings. The number of aryl methyl sites for hydroxylation is 1. The molecule has 0 bridgehead atoms. The van der Waals surface area contributed by atoms with Crippen LogP contribution in [-0.4, -0.2) is 42.5 Å². The number of rotatable bonds is 4. The number of hydrogen-bond donors (Lipinski definition) is 0. The Morgan fingerprint density at radius 1 is 1.11 bits per heavy atom. The standard InChI is InChI=1S/C16H26N2/c1-4-15-7-6-8-16(13-15)14(3)18-11-9-17(5-2)10-12-18/h6-8,13-14H,4-5,9-12H2,1-3H3. The van der Waals surface area contributed by atoms with Gasteiger partial charge in [-0.15, -0.1) is 0 Å². The minimum Gasteiger partial charge on any atom is -0.301 e. The van der Waals surface area contributed by atoms with Crippen molar-refractivity contribution in [2.45, 2.75) is 33.2 Å². The molecule has 0 aliphatic carbocycles. The third kappa shape index (κ3) is 3.12. The van der Waals surface area contributed by atoms with Gasteiger partial charge >= 0.3 is 0 Å². The van der Waals surface area contributed by atoms with Crippen molar-refractivity contribution in [3.63, 3.8) is 0 Å². The first kappa shape index (κ1) is 13.6. The van der Waals surface area contributed by atoms with Crippen LogP contribution in [0.1, 0.15) is 37.9 Å². The Labute approximate surface area is 112 Å². The Morgan fingerprint density at radius 2 is 1.83 bits per heavy atom. The van der Waals surface area contributed by atoms with E-state index in [2.05, 4.69) is 54.8 Å². The molecule has 0 saturated carbocycles. The Morgan fingerprint density at radius 3 is 2.44 bits per heavy atom. The lowest BCUT2D eigenvalue weighted by Crippen LogP contribution is -2.46. The van der Waals surface area contributed by atoms with E-state index in [-0.39, 0.29) is 0 Å². The summed E-state index contributed by atoms with van der Waals surface area (Å²) in [4.78, 5) is 5.15. The highest BCUT2D eigenvalue weighted by molar-refractivity contribution is 5.25. The van der Waals surface area contributed by atoms with Gasteiger partial charge in [0.1, 0.15) is 0 Å². The lowest BCUT2D eigenvalue weighted by Gasteiger charge is -2.37. The molecule has 1 aromatic carbocycles. The zero-order valence-electron chi connectivity index (χ0n) is 12.0. The molecule has 0 amide bonds. The van der Waals surface area contributed by atoms with Crippen LogP contribution in [0.2, 0.25) is 0 Å². The molecular formula is C16H26N2. The molecule has 2 rings (SSSR count). The minimum absolute atomic E-state index is 0.551. The first-order valence-corrected chi connectivity index (χ1v) is 7.29. The maximum Gasteiger partial charge on any atom is 0.0321 e. The lowest BCUT2D eigenvalue weighted by atomic mass is 10.0. The van der Waals surface area contributed by atoms with Crippen LogP contribution in [0.4, 0.5) is 0 Å². The summed E-state index contributed by atoms with van der Waals surface area (Å²) >= 11 is 0. The SMILES string of the molecule is CCc1cccc(C(C)N2CCN(CC)CC2)c1. The third-order valence-electron chi connectivity index (χ3n) is 4.24. The summed E-state index contributed by atoms with van der Waals surface area (Å²) in [6.07, 6.45) is 1.13. The Bertz CT molecular complexity index is 367. The normalized spacial score (nSPS) is 19.9. The first-order valence-electron chi connectivity index (χ1n) is 7.29. The number of benzene rings is 1. The molecular weight excluding hydrogens is 220 g/mol. The zero-order chi connectivity index (χ0) is 13.0. The molecule has 0 N–H and O–H groups in total. The van der Waals surface area contributed by atoms with Gasteiger partial charge in [-0.25, -0.2) is 0 Å². The minimum atomic E-state index is 0.551. The summed E-state index contributed by atoms with van der Waals surface area (Å²) in [6, 6.07) is 9.63. The van der Waals surface area contributed by atoms with Gasteiger partial charge in [0.2, 0.25) is 0 Å². The van der Waals surface area contributed by atoms with Crippen LogP contribution in [0.25, 0.3) is 0 Å². The molecule has 0 aromatic heterocycles. The number of likely N-dealkylation sites (N-methyl/N-ethyl adjacent to an activating group) is 1. The van der Waals surface area contributed by atoms with E-state index in [4.69, 9.17) is 0 Å². The van der Waals surface area contributed by atoms with Crippen LogP contribution < -0.4 is 0 Å². The maximum atomic E-state index is 2.61. The number of nitrogens with zero attached hydrogens (tertiary/aromatic N) is 2. The molecule has 100 valence electrons. The molecule has 1 aliphatic heterocycles. The Kier molecular flexibility index (Phi) is 4.79. The molecule has 2 nitrogen and oxygen atoms in total. The molecule has 0 spiro atoms. The van der Waals surface area contributed by atoms with Gasteiger partial charge in [0.15, 0.2) is 0 Å². The van der Waals surface area contributed by atoms with Gasteiger partial charge < -0.3 is 4.90 Å². The molecule has 0 radical (unpaired) electrons. The fourth-order valence-corrected chi connectivity index (χ4v) is 2.75. The topological polar surface area (TPSA) is 6.48 Å². The van der Waals surface area contributed by atoms with Crippen LogP contribution in [0.5, 0.6) is 0 Å². The van der Waals surface area contributed by atoms with Crippen LogP contribution >= 0.6 is 0 Å². The highest BCUT2D eigenvalue weighted by Crippen LogP contribution is 2.22. The van der Waals surface area contributed by atoms with E-state index in [0.29, 0.717) is 6.04 Å². The summed E-state index contributed by atoms with van der Waals surface area (Å²) in [7, 11) is 0. The van der Waals surface area contributed by atoms with Crippen LogP contribution in [0.15, 0.2) is 24.3 Å². The monoisotopic (exact) mass is 246 g/mol. The summed E-state index contributed by atoms with van der Waals surface area (Å²) in [5.41, 5.74) is 2.92. The van der Waals surface area contributed by atoms with Crippen molar-refractivity contribution in [3.05, 3.63) is 35.4 Å². The molecule has 1 heterocycles. The molecule has 1 fully saturated rings. The van der Waals surface area contributed by atoms with Gasteiger partial charge in [0, 0.05) is 32.2 Å². The second-order valence-corrected chi connectivity index (χ2v) is 5.24. The number of hydrogen-bond acceptors (Lipinski definition) is 2. The summed E-state index contributed by atoms with van der Waals surface area (Å²) in [5.74, 6) is 0. The molecule has 2 heteroatoms. The van der Waals surface area contributed by atoms with Crippen molar-refractivity contribution < 1.29 is 0 Å². The quantitative estimate of drug-likeness (QED) is 0.806. The van der Waals surface area contributed by atoms with Gasteiger partial charge in [0.25, 0.3) is 0 Å². The van der Waals surface area contributed by atoms with E-state index in [9.17, 15) is 0 Å². The van der Waals surface area contributed by atoms with Crippen molar-refractivity contribution >= 4 is 0 Å². The smallest absolute Gasteiger partial charge is 0.0321 e. The van der Waals surface area contributed by atoms with Crippen LogP contribution in [0, 0.1) is 0 Å². The second kappa shape index (κ2) is 6.35. The van der Waals surface area contributed by atoms with Crippen molar-refractivity contribution in [2.75, 3.05) is 32.7 Å². The molecule has 1 saturated heterocycles. The van der Waals surface area contributed by atoms with E-state index in [1.807, 2.05) is 0 Å². The Balaban J connectivity index is 2.00. The van der Waals surface area contributed by atoms with Gasteiger partial charge in [-0.3, -0.25) is 4.90 Å². The fraction of sp³-hybridized carbons (Fsp3) is 0.625. The second-order valence-electron chi connectivity index (χ2n) is 5.24. The van der Waals surface area contributed by atoms with Gasteiger partial charge in [-0.1, -0.05) is 38.1 Å². The van der Waals surface area contributed by atoms with Crippen LogP contribution in [0.3, 0.4) is 0 Å². The van der Waals surface area contributed by atoms with E-state index < -0.39 is 0 Å². The van der Waals surface area contributed by atoms with Crippen molar-refractivity contribution in [1.82, 2.24) is 9.80 Å². The lowest BCUT2D eigenvalue weighted by molar-refractivity contribution is 0.106. The predicted molar refractivity (Wildman–Crippen MR) is 77.9 cm³/mol. The van der Waals surface area contributed by atoms with Gasteiger partial charge in [0.05, 0.1) is 0 Å².